The fraction of sp³-hybridized carbons (Fsp3) is 0.467. The van der Waals surface area contributed by atoms with Crippen molar-refractivity contribution in [2.45, 2.75) is 19.4 Å². The Morgan fingerprint density at radius 3 is 2.53 bits per heavy atom. The lowest BCUT2D eigenvalue weighted by Crippen LogP contribution is -2.26. The van der Waals surface area contributed by atoms with Gasteiger partial charge in [-0.1, -0.05) is 36.4 Å². The molecule has 17 heavy (non-hydrogen) atoms. The Kier molecular flexibility index (Phi) is 4.77. The van der Waals surface area contributed by atoms with E-state index < -0.39 is 0 Å². The van der Waals surface area contributed by atoms with Crippen LogP contribution in [-0.4, -0.2) is 31.6 Å². The highest BCUT2D eigenvalue weighted by atomic mass is 15.1. The van der Waals surface area contributed by atoms with Crippen LogP contribution in [0.15, 0.2) is 36.4 Å². The third-order valence-electron chi connectivity index (χ3n) is 3.24. The quantitative estimate of drug-likeness (QED) is 0.780. The van der Waals surface area contributed by atoms with E-state index in [9.17, 15) is 0 Å². The Labute approximate surface area is 104 Å². The molecule has 0 fully saturated rings. The zero-order valence-corrected chi connectivity index (χ0v) is 10.7. The third kappa shape index (κ3) is 3.99. The molecule has 0 aromatic heterocycles. The number of nitrogens with zero attached hydrogens (tertiary/aromatic N) is 1. The maximum atomic E-state index is 3.18. The molecule has 1 heterocycles. The minimum atomic E-state index is 1.05. The van der Waals surface area contributed by atoms with E-state index in [2.05, 4.69) is 46.6 Å². The van der Waals surface area contributed by atoms with Crippen molar-refractivity contribution in [2.75, 3.05) is 26.7 Å². The zero-order chi connectivity index (χ0) is 11.9. The number of benzene rings is 1. The molecule has 1 aliphatic rings. The molecule has 92 valence electrons. The molecule has 0 unspecified atom stereocenters. The summed E-state index contributed by atoms with van der Waals surface area (Å²) < 4.78 is 0. The van der Waals surface area contributed by atoms with Crippen LogP contribution in [0.25, 0.3) is 0 Å². The van der Waals surface area contributed by atoms with Crippen LogP contribution in [-0.2, 0) is 13.0 Å². The number of likely N-dealkylation sites (N-methyl/N-ethyl adjacent to an activating group) is 1. The third-order valence-corrected chi connectivity index (χ3v) is 3.24. The van der Waals surface area contributed by atoms with Crippen LogP contribution < -0.4 is 5.32 Å². The second kappa shape index (κ2) is 6.58. The molecule has 2 rings (SSSR count). The van der Waals surface area contributed by atoms with Gasteiger partial charge in [-0.3, -0.25) is 4.90 Å². The van der Waals surface area contributed by atoms with E-state index in [1.807, 2.05) is 7.05 Å². The molecule has 0 amide bonds. The van der Waals surface area contributed by atoms with E-state index in [0.29, 0.717) is 0 Å². The molecule has 2 nitrogen and oxygen atoms in total. The normalized spacial score (nSPS) is 16.3. The van der Waals surface area contributed by atoms with Gasteiger partial charge in [0.1, 0.15) is 0 Å². The van der Waals surface area contributed by atoms with Crippen molar-refractivity contribution in [1.29, 1.82) is 0 Å². The van der Waals surface area contributed by atoms with Crippen molar-refractivity contribution in [1.82, 2.24) is 10.2 Å². The number of rotatable bonds is 5. The van der Waals surface area contributed by atoms with E-state index in [0.717, 1.165) is 26.1 Å². The summed E-state index contributed by atoms with van der Waals surface area (Å²) >= 11 is 0. The lowest BCUT2D eigenvalue weighted by molar-refractivity contribution is 0.290. The van der Waals surface area contributed by atoms with Gasteiger partial charge in [0.05, 0.1) is 0 Å². The van der Waals surface area contributed by atoms with E-state index >= 15 is 0 Å². The van der Waals surface area contributed by atoms with Gasteiger partial charge in [-0.25, -0.2) is 0 Å². The molecule has 0 saturated carbocycles. The Morgan fingerprint density at radius 1 is 1.12 bits per heavy atom. The molecule has 0 saturated heterocycles. The second-order valence-electron chi connectivity index (χ2n) is 4.67. The Balaban J connectivity index is 1.86. The minimum absolute atomic E-state index is 1.05. The standard InChI is InChI=1S/C15H22N2/c1-16-10-9-14-5-7-15(8-6-14)13-17-11-3-2-4-12-17/h2-3,5-8,16H,4,9-13H2,1H3. The summed E-state index contributed by atoms with van der Waals surface area (Å²) in [7, 11) is 2.00. The predicted molar refractivity (Wildman–Crippen MR) is 73.1 cm³/mol. The van der Waals surface area contributed by atoms with Gasteiger partial charge in [-0.15, -0.1) is 0 Å². The van der Waals surface area contributed by atoms with Crippen LogP contribution in [0, 0.1) is 0 Å². The lowest BCUT2D eigenvalue weighted by atomic mass is 10.1. The van der Waals surface area contributed by atoms with Gasteiger partial charge in [-0.05, 0) is 37.6 Å². The van der Waals surface area contributed by atoms with Gasteiger partial charge in [0.2, 0.25) is 0 Å². The van der Waals surface area contributed by atoms with Crippen LogP contribution in [0.3, 0.4) is 0 Å². The molecule has 1 aromatic carbocycles. The average molecular weight is 230 g/mol. The van der Waals surface area contributed by atoms with Crippen molar-refractivity contribution in [2.24, 2.45) is 0 Å². The highest BCUT2D eigenvalue weighted by Crippen LogP contribution is 2.10. The topological polar surface area (TPSA) is 15.3 Å². The molecule has 0 aliphatic carbocycles. The van der Waals surface area contributed by atoms with Crippen LogP contribution in [0.5, 0.6) is 0 Å². The largest absolute Gasteiger partial charge is 0.319 e. The van der Waals surface area contributed by atoms with Crippen molar-refractivity contribution < 1.29 is 0 Å². The molecule has 2 heteroatoms. The summed E-state index contributed by atoms with van der Waals surface area (Å²) in [5, 5.41) is 3.18. The van der Waals surface area contributed by atoms with E-state index in [1.165, 1.54) is 24.1 Å². The maximum Gasteiger partial charge on any atom is 0.0237 e. The lowest BCUT2D eigenvalue weighted by Gasteiger charge is -2.23. The molecule has 1 aromatic rings. The summed E-state index contributed by atoms with van der Waals surface area (Å²) in [6.45, 7) is 4.42. The van der Waals surface area contributed by atoms with Gasteiger partial charge in [-0.2, -0.15) is 0 Å². The molecule has 1 N–H and O–H groups in total. The van der Waals surface area contributed by atoms with Gasteiger partial charge in [0.25, 0.3) is 0 Å². The van der Waals surface area contributed by atoms with E-state index in [4.69, 9.17) is 0 Å². The van der Waals surface area contributed by atoms with Gasteiger partial charge < -0.3 is 5.32 Å². The van der Waals surface area contributed by atoms with Crippen molar-refractivity contribution in [3.8, 4) is 0 Å². The van der Waals surface area contributed by atoms with Crippen LogP contribution >= 0.6 is 0 Å². The van der Waals surface area contributed by atoms with Crippen molar-refractivity contribution >= 4 is 0 Å². The van der Waals surface area contributed by atoms with Crippen LogP contribution in [0.1, 0.15) is 17.5 Å². The average Bonchev–Trinajstić information content (AvgIpc) is 2.39. The maximum absolute atomic E-state index is 3.18. The second-order valence-corrected chi connectivity index (χ2v) is 4.67. The van der Waals surface area contributed by atoms with Gasteiger partial charge in [0, 0.05) is 19.6 Å². The van der Waals surface area contributed by atoms with Crippen LogP contribution in [0.2, 0.25) is 0 Å². The number of nitrogens with one attached hydrogen (secondary N) is 1. The summed E-state index contributed by atoms with van der Waals surface area (Å²) in [6, 6.07) is 9.05. The first-order chi connectivity index (χ1) is 8.38. The first-order valence-electron chi connectivity index (χ1n) is 6.48. The predicted octanol–water partition coefficient (Wildman–Crippen LogP) is 2.21. The highest BCUT2D eigenvalue weighted by Gasteiger charge is 2.06. The van der Waals surface area contributed by atoms with E-state index in [1.54, 1.807) is 0 Å². The fourth-order valence-corrected chi connectivity index (χ4v) is 2.17. The Bertz CT molecular complexity index is 354. The molecule has 1 aliphatic heterocycles. The van der Waals surface area contributed by atoms with Gasteiger partial charge >= 0.3 is 0 Å². The fourth-order valence-electron chi connectivity index (χ4n) is 2.17. The summed E-state index contributed by atoms with van der Waals surface area (Å²) in [5.74, 6) is 0. The van der Waals surface area contributed by atoms with Crippen molar-refractivity contribution in [3.05, 3.63) is 47.5 Å². The zero-order valence-electron chi connectivity index (χ0n) is 10.7. The summed E-state index contributed by atoms with van der Waals surface area (Å²) in [5.41, 5.74) is 2.84. The number of hydrogen-bond acceptors (Lipinski definition) is 2. The molecule has 0 atom stereocenters. The highest BCUT2D eigenvalue weighted by molar-refractivity contribution is 5.23. The molecule has 0 bridgehead atoms. The summed E-state index contributed by atoms with van der Waals surface area (Å²) in [4.78, 5) is 2.49. The molecule has 0 radical (unpaired) electrons. The first kappa shape index (κ1) is 12.3. The van der Waals surface area contributed by atoms with E-state index in [-0.39, 0.29) is 0 Å². The smallest absolute Gasteiger partial charge is 0.0237 e. The van der Waals surface area contributed by atoms with Gasteiger partial charge in [0.15, 0.2) is 0 Å². The SMILES string of the molecule is CNCCc1ccc(CN2CC=CCC2)cc1. The number of hydrogen-bond donors (Lipinski definition) is 1. The molecule has 0 spiro atoms. The first-order valence-corrected chi connectivity index (χ1v) is 6.48. The summed E-state index contributed by atoms with van der Waals surface area (Å²) in [6.07, 6.45) is 6.85. The minimum Gasteiger partial charge on any atom is -0.319 e. The molecular formula is C15H22N2. The Morgan fingerprint density at radius 2 is 1.88 bits per heavy atom. The monoisotopic (exact) mass is 230 g/mol. The molecular weight excluding hydrogens is 208 g/mol. The van der Waals surface area contributed by atoms with Crippen molar-refractivity contribution in [3.63, 3.8) is 0 Å². The Hall–Kier alpha value is -1.12. The van der Waals surface area contributed by atoms with Crippen LogP contribution in [0.4, 0.5) is 0 Å².